The van der Waals surface area contributed by atoms with Crippen molar-refractivity contribution >= 4 is 34.5 Å². The smallest absolute Gasteiger partial charge is 0.225 e. The van der Waals surface area contributed by atoms with Crippen molar-refractivity contribution in [1.82, 2.24) is 0 Å². The fourth-order valence-electron chi connectivity index (χ4n) is 0.862. The van der Waals surface area contributed by atoms with Crippen molar-refractivity contribution in [2.45, 2.75) is 6.42 Å². The Morgan fingerprint density at radius 1 is 1.31 bits per heavy atom. The van der Waals surface area contributed by atoms with Gasteiger partial charge in [-0.3, -0.25) is 4.79 Å². The number of benzene rings is 1. The molecule has 1 aromatic rings. The molecule has 0 amide bonds. The molecule has 0 fully saturated rings. The second kappa shape index (κ2) is 5.05. The molecule has 0 aromatic heterocycles. The van der Waals surface area contributed by atoms with Crippen LogP contribution >= 0.6 is 23.2 Å². The van der Waals surface area contributed by atoms with Crippen molar-refractivity contribution in [2.24, 2.45) is 0 Å². The highest BCUT2D eigenvalue weighted by molar-refractivity contribution is 6.63. The molecule has 0 saturated heterocycles. The summed E-state index contributed by atoms with van der Waals surface area (Å²) in [6.45, 7) is 0. The van der Waals surface area contributed by atoms with Crippen molar-refractivity contribution in [2.75, 3.05) is 0 Å². The summed E-state index contributed by atoms with van der Waals surface area (Å²) in [6.07, 6.45) is 3.80. The number of carbonyl (C=O) groups is 1. The van der Waals surface area contributed by atoms with Crippen molar-refractivity contribution in [3.63, 3.8) is 0 Å². The summed E-state index contributed by atoms with van der Waals surface area (Å²) in [5, 5.41) is 0.343. The van der Waals surface area contributed by atoms with E-state index in [2.05, 4.69) is 0 Å². The van der Waals surface area contributed by atoms with Gasteiger partial charge in [0.2, 0.25) is 5.24 Å². The number of hydrogen-bond acceptors (Lipinski definition) is 1. The van der Waals surface area contributed by atoms with Crippen LogP contribution in [0.1, 0.15) is 12.0 Å². The summed E-state index contributed by atoms with van der Waals surface area (Å²) in [5.74, 6) is 0. The molecule has 0 heterocycles. The van der Waals surface area contributed by atoms with Gasteiger partial charge < -0.3 is 0 Å². The highest BCUT2D eigenvalue weighted by Gasteiger charge is 1.90. The number of rotatable bonds is 3. The van der Waals surface area contributed by atoms with Gasteiger partial charge in [0.25, 0.3) is 0 Å². The van der Waals surface area contributed by atoms with Gasteiger partial charge in [0.15, 0.2) is 0 Å². The van der Waals surface area contributed by atoms with Crippen LogP contribution in [0.2, 0.25) is 5.02 Å². The predicted molar refractivity (Wildman–Crippen MR) is 56.0 cm³/mol. The molecular weight excluding hydrogens is 207 g/mol. The highest BCUT2D eigenvalue weighted by atomic mass is 35.5. The summed E-state index contributed by atoms with van der Waals surface area (Å²) < 4.78 is 0. The molecule has 0 aliphatic carbocycles. The molecule has 0 aliphatic heterocycles. The van der Waals surface area contributed by atoms with Crippen LogP contribution in [0.3, 0.4) is 0 Å². The molecule has 0 N–H and O–H groups in total. The molecule has 0 unspecified atom stereocenters. The lowest BCUT2D eigenvalue weighted by Crippen LogP contribution is -1.79. The van der Waals surface area contributed by atoms with E-state index >= 15 is 0 Å². The normalized spacial score (nSPS) is 10.6. The first-order valence-electron chi connectivity index (χ1n) is 3.79. The second-order valence-corrected chi connectivity index (χ2v) is 3.37. The molecule has 0 aliphatic rings. The number of halogens is 2. The molecule has 0 saturated carbocycles. The van der Waals surface area contributed by atoms with Crippen molar-refractivity contribution in [3.8, 4) is 0 Å². The highest BCUT2D eigenvalue weighted by Crippen LogP contribution is 2.10. The Morgan fingerprint density at radius 3 is 2.46 bits per heavy atom. The Balaban J connectivity index is 2.59. The van der Waals surface area contributed by atoms with Gasteiger partial charge in [0.1, 0.15) is 0 Å². The SMILES string of the molecule is O=C(Cl)CC=Cc1ccc(Cl)cc1. The van der Waals surface area contributed by atoms with Gasteiger partial charge in [-0.2, -0.15) is 0 Å². The average molecular weight is 215 g/mol. The summed E-state index contributed by atoms with van der Waals surface area (Å²) in [4.78, 5) is 10.4. The first-order chi connectivity index (χ1) is 6.18. The first kappa shape index (κ1) is 10.3. The van der Waals surface area contributed by atoms with Crippen molar-refractivity contribution < 1.29 is 4.79 Å². The van der Waals surface area contributed by atoms with E-state index in [0.29, 0.717) is 5.02 Å². The molecule has 0 atom stereocenters. The zero-order chi connectivity index (χ0) is 9.68. The van der Waals surface area contributed by atoms with E-state index in [1.807, 2.05) is 18.2 Å². The number of carbonyl (C=O) groups excluding carboxylic acids is 1. The topological polar surface area (TPSA) is 17.1 Å². The lowest BCUT2D eigenvalue weighted by Gasteiger charge is -1.92. The van der Waals surface area contributed by atoms with Crippen molar-refractivity contribution in [1.29, 1.82) is 0 Å². The van der Waals surface area contributed by atoms with Crippen LogP contribution in [-0.2, 0) is 4.79 Å². The molecular formula is C10H8Cl2O. The van der Waals surface area contributed by atoms with Crippen LogP contribution in [0.4, 0.5) is 0 Å². The van der Waals surface area contributed by atoms with Crippen LogP contribution in [0.15, 0.2) is 30.3 Å². The molecule has 0 spiro atoms. The van der Waals surface area contributed by atoms with Gasteiger partial charge in [-0.15, -0.1) is 0 Å². The van der Waals surface area contributed by atoms with Crippen LogP contribution in [0.25, 0.3) is 6.08 Å². The zero-order valence-corrected chi connectivity index (χ0v) is 8.35. The summed E-state index contributed by atoms with van der Waals surface area (Å²) in [7, 11) is 0. The largest absolute Gasteiger partial charge is 0.281 e. The van der Waals surface area contributed by atoms with E-state index in [1.54, 1.807) is 18.2 Å². The van der Waals surface area contributed by atoms with Gasteiger partial charge in [-0.1, -0.05) is 35.9 Å². The van der Waals surface area contributed by atoms with E-state index in [0.717, 1.165) is 5.56 Å². The number of allylic oxidation sites excluding steroid dienone is 1. The molecule has 1 rings (SSSR count). The molecule has 0 radical (unpaired) electrons. The quantitative estimate of drug-likeness (QED) is 0.705. The lowest BCUT2D eigenvalue weighted by molar-refractivity contribution is -0.110. The molecule has 3 heteroatoms. The minimum Gasteiger partial charge on any atom is -0.281 e. The fraction of sp³-hybridized carbons (Fsp3) is 0.100. The summed E-state index contributed by atoms with van der Waals surface area (Å²) >= 11 is 10.9. The summed E-state index contributed by atoms with van der Waals surface area (Å²) in [5.41, 5.74) is 1.00. The monoisotopic (exact) mass is 214 g/mol. The van der Waals surface area contributed by atoms with Gasteiger partial charge in [0.05, 0.1) is 0 Å². The molecule has 1 nitrogen and oxygen atoms in total. The van der Waals surface area contributed by atoms with Crippen LogP contribution in [-0.4, -0.2) is 5.24 Å². The van der Waals surface area contributed by atoms with E-state index in [-0.39, 0.29) is 11.7 Å². The molecule has 68 valence electrons. The Hall–Kier alpha value is -0.790. The maximum absolute atomic E-state index is 10.4. The zero-order valence-electron chi connectivity index (χ0n) is 6.84. The molecule has 13 heavy (non-hydrogen) atoms. The Morgan fingerprint density at radius 2 is 1.92 bits per heavy atom. The minimum absolute atomic E-state index is 0.254. The maximum atomic E-state index is 10.4. The molecule has 0 bridgehead atoms. The third-order valence-corrected chi connectivity index (χ3v) is 1.86. The van der Waals surface area contributed by atoms with Crippen LogP contribution in [0, 0.1) is 0 Å². The van der Waals surface area contributed by atoms with E-state index in [4.69, 9.17) is 23.2 Å². The fourth-order valence-corrected chi connectivity index (χ4v) is 1.08. The average Bonchev–Trinajstić information content (AvgIpc) is 2.08. The second-order valence-electron chi connectivity index (χ2n) is 2.51. The standard InChI is InChI=1S/C10H8Cl2O/c11-9-6-4-8(5-7-9)2-1-3-10(12)13/h1-2,4-7H,3H2. The third kappa shape index (κ3) is 4.11. The Kier molecular flexibility index (Phi) is 4.00. The lowest BCUT2D eigenvalue weighted by atomic mass is 10.2. The van der Waals surface area contributed by atoms with Gasteiger partial charge in [0, 0.05) is 11.4 Å². The summed E-state index contributed by atoms with van der Waals surface area (Å²) in [6, 6.07) is 7.34. The van der Waals surface area contributed by atoms with E-state index in [9.17, 15) is 4.79 Å². The maximum Gasteiger partial charge on any atom is 0.225 e. The predicted octanol–water partition coefficient (Wildman–Crippen LogP) is 3.51. The van der Waals surface area contributed by atoms with Crippen LogP contribution < -0.4 is 0 Å². The third-order valence-electron chi connectivity index (χ3n) is 1.46. The van der Waals surface area contributed by atoms with Gasteiger partial charge in [-0.05, 0) is 29.3 Å². The van der Waals surface area contributed by atoms with Crippen molar-refractivity contribution in [3.05, 3.63) is 40.9 Å². The Labute approximate surface area is 87.0 Å². The van der Waals surface area contributed by atoms with Gasteiger partial charge in [-0.25, -0.2) is 0 Å². The Bertz CT molecular complexity index is 314. The molecule has 1 aromatic carbocycles. The van der Waals surface area contributed by atoms with Crippen LogP contribution in [0.5, 0.6) is 0 Å². The van der Waals surface area contributed by atoms with E-state index < -0.39 is 0 Å². The number of hydrogen-bond donors (Lipinski definition) is 0. The van der Waals surface area contributed by atoms with E-state index in [1.165, 1.54) is 0 Å². The minimum atomic E-state index is -0.356. The first-order valence-corrected chi connectivity index (χ1v) is 4.54. The van der Waals surface area contributed by atoms with Gasteiger partial charge >= 0.3 is 0 Å².